The van der Waals surface area contributed by atoms with E-state index in [4.69, 9.17) is 9.47 Å². The fourth-order valence-corrected chi connectivity index (χ4v) is 2.11. The van der Waals surface area contributed by atoms with Crippen molar-refractivity contribution in [1.82, 2.24) is 15.3 Å². The number of aromatic nitrogens is 2. The molecule has 5 nitrogen and oxygen atoms in total. The summed E-state index contributed by atoms with van der Waals surface area (Å²) < 4.78 is 10.5. The van der Waals surface area contributed by atoms with Gasteiger partial charge in [0.2, 0.25) is 11.8 Å². The van der Waals surface area contributed by atoms with E-state index in [-0.39, 0.29) is 6.04 Å². The Bertz CT molecular complexity index is 562. The fourth-order valence-electron chi connectivity index (χ4n) is 2.11. The lowest BCUT2D eigenvalue weighted by Crippen LogP contribution is -2.19. The maximum Gasteiger partial charge on any atom is 0.224 e. The highest BCUT2D eigenvalue weighted by Crippen LogP contribution is 2.24. The summed E-state index contributed by atoms with van der Waals surface area (Å²) in [4.78, 5) is 8.23. The molecule has 0 spiro atoms. The molecule has 0 aliphatic carbocycles. The van der Waals surface area contributed by atoms with Gasteiger partial charge in [-0.2, -0.15) is 0 Å². The summed E-state index contributed by atoms with van der Waals surface area (Å²) in [5, 5.41) is 3.44. The molecule has 0 radical (unpaired) electrons. The van der Waals surface area contributed by atoms with E-state index in [2.05, 4.69) is 53.4 Å². The lowest BCUT2D eigenvalue weighted by atomic mass is 10.1. The highest BCUT2D eigenvalue weighted by molar-refractivity contribution is 5.34. The first-order valence-electron chi connectivity index (χ1n) is 6.87. The molecule has 0 aliphatic rings. The van der Waals surface area contributed by atoms with Gasteiger partial charge in [0.05, 0.1) is 19.8 Å². The Hall–Kier alpha value is -2.14. The lowest BCUT2D eigenvalue weighted by molar-refractivity contribution is 0.357. The minimum absolute atomic E-state index is 0.209. The molecule has 5 heteroatoms. The normalized spacial score (nSPS) is 12.0. The van der Waals surface area contributed by atoms with Crippen molar-refractivity contribution in [2.24, 2.45) is 0 Å². The first-order chi connectivity index (χ1) is 10.2. The molecular formula is C16H21N3O2. The summed E-state index contributed by atoms with van der Waals surface area (Å²) in [6, 6.07) is 8.69. The lowest BCUT2D eigenvalue weighted by Gasteiger charge is -2.16. The SMILES string of the molecule is COc1ncnc(OC)c1CN[C@@H](C)c1ccc(C)cc1. The molecular weight excluding hydrogens is 266 g/mol. The van der Waals surface area contributed by atoms with Crippen LogP contribution in [0.5, 0.6) is 11.8 Å². The molecule has 1 aromatic heterocycles. The van der Waals surface area contributed by atoms with Gasteiger partial charge in [0, 0.05) is 12.6 Å². The van der Waals surface area contributed by atoms with Crippen LogP contribution in [0.2, 0.25) is 0 Å². The van der Waals surface area contributed by atoms with Crippen molar-refractivity contribution < 1.29 is 9.47 Å². The van der Waals surface area contributed by atoms with E-state index in [1.54, 1.807) is 14.2 Å². The second-order valence-corrected chi connectivity index (χ2v) is 4.88. The summed E-state index contributed by atoms with van der Waals surface area (Å²) in [7, 11) is 3.18. The fraction of sp³-hybridized carbons (Fsp3) is 0.375. The van der Waals surface area contributed by atoms with Gasteiger partial charge in [-0.25, -0.2) is 9.97 Å². The molecule has 2 aromatic rings. The van der Waals surface area contributed by atoms with Crippen LogP contribution in [0.1, 0.15) is 29.7 Å². The Morgan fingerprint density at radius 3 is 2.14 bits per heavy atom. The van der Waals surface area contributed by atoms with Gasteiger partial charge in [-0.15, -0.1) is 0 Å². The minimum atomic E-state index is 0.209. The van der Waals surface area contributed by atoms with Crippen LogP contribution in [-0.4, -0.2) is 24.2 Å². The Kier molecular flexibility index (Phi) is 5.11. The van der Waals surface area contributed by atoms with E-state index in [9.17, 15) is 0 Å². The topological polar surface area (TPSA) is 56.3 Å². The molecule has 1 N–H and O–H groups in total. The van der Waals surface area contributed by atoms with Gasteiger partial charge in [-0.05, 0) is 19.4 Å². The second-order valence-electron chi connectivity index (χ2n) is 4.88. The Morgan fingerprint density at radius 1 is 1.05 bits per heavy atom. The van der Waals surface area contributed by atoms with Crippen molar-refractivity contribution in [2.75, 3.05) is 14.2 Å². The number of methoxy groups -OCH3 is 2. The van der Waals surface area contributed by atoms with Crippen LogP contribution in [0, 0.1) is 6.92 Å². The molecule has 0 amide bonds. The van der Waals surface area contributed by atoms with Crippen molar-refractivity contribution in [3.05, 3.63) is 47.3 Å². The van der Waals surface area contributed by atoms with E-state index in [0.717, 1.165) is 5.56 Å². The van der Waals surface area contributed by atoms with Gasteiger partial charge < -0.3 is 14.8 Å². The number of nitrogens with zero attached hydrogens (tertiary/aromatic N) is 2. The molecule has 1 atom stereocenters. The van der Waals surface area contributed by atoms with Gasteiger partial charge in [0.15, 0.2) is 0 Å². The van der Waals surface area contributed by atoms with Crippen molar-refractivity contribution in [2.45, 2.75) is 26.4 Å². The van der Waals surface area contributed by atoms with E-state index in [0.29, 0.717) is 18.3 Å². The predicted octanol–water partition coefficient (Wildman–Crippen LogP) is 2.65. The first kappa shape index (κ1) is 15.3. The molecule has 2 rings (SSSR count). The maximum atomic E-state index is 5.27. The number of aryl methyl sites for hydroxylation is 1. The first-order valence-corrected chi connectivity index (χ1v) is 6.87. The highest BCUT2D eigenvalue weighted by Gasteiger charge is 2.14. The summed E-state index contributed by atoms with van der Waals surface area (Å²) in [6.45, 7) is 4.77. The zero-order chi connectivity index (χ0) is 15.2. The molecule has 0 saturated carbocycles. The number of rotatable bonds is 6. The van der Waals surface area contributed by atoms with Gasteiger partial charge in [-0.1, -0.05) is 29.8 Å². The summed E-state index contributed by atoms with van der Waals surface area (Å²) >= 11 is 0. The summed E-state index contributed by atoms with van der Waals surface area (Å²) in [6.07, 6.45) is 1.44. The third kappa shape index (κ3) is 3.70. The number of hydrogen-bond donors (Lipinski definition) is 1. The smallest absolute Gasteiger partial charge is 0.224 e. The molecule has 1 heterocycles. The monoisotopic (exact) mass is 287 g/mol. The van der Waals surface area contributed by atoms with Crippen LogP contribution in [0.4, 0.5) is 0 Å². The van der Waals surface area contributed by atoms with Crippen LogP contribution in [0.3, 0.4) is 0 Å². The van der Waals surface area contributed by atoms with Crippen molar-refractivity contribution in [1.29, 1.82) is 0 Å². The molecule has 0 fully saturated rings. The van der Waals surface area contributed by atoms with Gasteiger partial charge >= 0.3 is 0 Å². The van der Waals surface area contributed by atoms with E-state index >= 15 is 0 Å². The number of benzene rings is 1. The van der Waals surface area contributed by atoms with Crippen LogP contribution in [0.15, 0.2) is 30.6 Å². The van der Waals surface area contributed by atoms with Gasteiger partial charge in [0.1, 0.15) is 6.33 Å². The molecule has 0 bridgehead atoms. The molecule has 0 aliphatic heterocycles. The van der Waals surface area contributed by atoms with E-state index < -0.39 is 0 Å². The van der Waals surface area contributed by atoms with Crippen LogP contribution in [0.25, 0.3) is 0 Å². The van der Waals surface area contributed by atoms with Crippen molar-refractivity contribution >= 4 is 0 Å². The zero-order valence-corrected chi connectivity index (χ0v) is 12.9. The van der Waals surface area contributed by atoms with Crippen LogP contribution < -0.4 is 14.8 Å². The molecule has 112 valence electrons. The number of hydrogen-bond acceptors (Lipinski definition) is 5. The highest BCUT2D eigenvalue weighted by atomic mass is 16.5. The molecule has 21 heavy (non-hydrogen) atoms. The third-order valence-electron chi connectivity index (χ3n) is 3.42. The van der Waals surface area contributed by atoms with Crippen molar-refractivity contribution in [3.8, 4) is 11.8 Å². The molecule has 0 saturated heterocycles. The van der Waals surface area contributed by atoms with Gasteiger partial charge in [-0.3, -0.25) is 0 Å². The number of nitrogens with one attached hydrogen (secondary N) is 1. The Labute approximate surface area is 125 Å². The summed E-state index contributed by atoms with van der Waals surface area (Å²) in [5.74, 6) is 1.07. The largest absolute Gasteiger partial charge is 0.481 e. The number of ether oxygens (including phenoxy) is 2. The Balaban J connectivity index is 2.10. The predicted molar refractivity (Wildman–Crippen MR) is 81.6 cm³/mol. The third-order valence-corrected chi connectivity index (χ3v) is 3.42. The van der Waals surface area contributed by atoms with Gasteiger partial charge in [0.25, 0.3) is 0 Å². The minimum Gasteiger partial charge on any atom is -0.481 e. The van der Waals surface area contributed by atoms with E-state index in [1.807, 2.05) is 0 Å². The standard InChI is InChI=1S/C16H21N3O2/c1-11-5-7-13(8-6-11)12(2)17-9-14-15(20-3)18-10-19-16(14)21-4/h5-8,10,12,17H,9H2,1-4H3/t12-/m0/s1. The van der Waals surface area contributed by atoms with Crippen LogP contribution >= 0.6 is 0 Å². The average molecular weight is 287 g/mol. The quantitative estimate of drug-likeness (QED) is 0.885. The summed E-state index contributed by atoms with van der Waals surface area (Å²) in [5.41, 5.74) is 3.31. The average Bonchev–Trinajstić information content (AvgIpc) is 2.52. The second kappa shape index (κ2) is 7.04. The molecule has 1 aromatic carbocycles. The Morgan fingerprint density at radius 2 is 1.62 bits per heavy atom. The van der Waals surface area contributed by atoms with Crippen LogP contribution in [-0.2, 0) is 6.54 Å². The van der Waals surface area contributed by atoms with E-state index in [1.165, 1.54) is 17.5 Å². The zero-order valence-electron chi connectivity index (χ0n) is 12.9. The molecule has 0 unspecified atom stereocenters. The maximum absolute atomic E-state index is 5.27. The van der Waals surface area contributed by atoms with Crippen molar-refractivity contribution in [3.63, 3.8) is 0 Å².